The largest absolute Gasteiger partial charge is 0.359 e. The van der Waals surface area contributed by atoms with Crippen molar-refractivity contribution >= 4 is 5.91 Å². The van der Waals surface area contributed by atoms with Crippen LogP contribution < -0.4 is 11.1 Å². The van der Waals surface area contributed by atoms with E-state index in [1.807, 2.05) is 0 Å². The molecule has 1 atom stereocenters. The second-order valence-electron chi connectivity index (χ2n) is 4.01. The van der Waals surface area contributed by atoms with Gasteiger partial charge in [0.1, 0.15) is 0 Å². The van der Waals surface area contributed by atoms with Gasteiger partial charge in [0.05, 0.1) is 0 Å². The van der Waals surface area contributed by atoms with Gasteiger partial charge in [-0.25, -0.2) is 0 Å². The highest BCUT2D eigenvalue weighted by atomic mass is 16.1. The molecule has 0 aliphatic heterocycles. The third-order valence-electron chi connectivity index (χ3n) is 2.58. The molecule has 1 unspecified atom stereocenters. The van der Waals surface area contributed by atoms with Crippen LogP contribution in [-0.4, -0.2) is 44.0 Å². The molecule has 0 spiro atoms. The van der Waals surface area contributed by atoms with Crippen LogP contribution in [0.1, 0.15) is 26.7 Å². The van der Waals surface area contributed by atoms with Gasteiger partial charge in [-0.05, 0) is 32.0 Å². The van der Waals surface area contributed by atoms with Gasteiger partial charge >= 0.3 is 0 Å². The third-order valence-corrected chi connectivity index (χ3v) is 2.58. The minimum atomic E-state index is 0.123. The van der Waals surface area contributed by atoms with Gasteiger partial charge in [-0.2, -0.15) is 0 Å². The summed E-state index contributed by atoms with van der Waals surface area (Å²) >= 11 is 0. The minimum Gasteiger partial charge on any atom is -0.359 e. The van der Waals surface area contributed by atoms with Gasteiger partial charge in [-0.15, -0.1) is 0 Å². The van der Waals surface area contributed by atoms with Crippen molar-refractivity contribution in [2.75, 3.05) is 33.2 Å². The number of hydrogen-bond acceptors (Lipinski definition) is 3. The van der Waals surface area contributed by atoms with Crippen LogP contribution in [0.15, 0.2) is 0 Å². The molecule has 0 aromatic heterocycles. The lowest BCUT2D eigenvalue weighted by molar-refractivity contribution is -0.120. The van der Waals surface area contributed by atoms with Crippen molar-refractivity contribution in [1.82, 2.24) is 10.2 Å². The summed E-state index contributed by atoms with van der Waals surface area (Å²) in [6, 6.07) is 0. The molecule has 0 aromatic rings. The molecule has 4 heteroatoms. The highest BCUT2D eigenvalue weighted by Gasteiger charge is 2.07. The number of nitrogens with two attached hydrogens (primary N) is 1. The first kappa shape index (κ1) is 14.4. The third kappa shape index (κ3) is 7.33. The first-order valence-corrected chi connectivity index (χ1v) is 5.77. The maximum Gasteiger partial charge on any atom is 0.219 e. The molecule has 0 heterocycles. The van der Waals surface area contributed by atoms with E-state index in [9.17, 15) is 4.79 Å². The van der Waals surface area contributed by atoms with Gasteiger partial charge in [0.2, 0.25) is 5.91 Å². The van der Waals surface area contributed by atoms with Crippen LogP contribution >= 0.6 is 0 Å². The molecule has 1 amide bonds. The zero-order valence-electron chi connectivity index (χ0n) is 10.3. The Labute approximate surface area is 93.2 Å². The first-order valence-electron chi connectivity index (χ1n) is 5.77. The lowest BCUT2D eigenvalue weighted by atomic mass is 10.1. The van der Waals surface area contributed by atoms with E-state index in [1.165, 1.54) is 0 Å². The number of amides is 1. The Morgan fingerprint density at radius 2 is 2.20 bits per heavy atom. The molecule has 0 rings (SSSR count). The van der Waals surface area contributed by atoms with Gasteiger partial charge in [-0.3, -0.25) is 4.79 Å². The van der Waals surface area contributed by atoms with E-state index in [-0.39, 0.29) is 5.91 Å². The monoisotopic (exact) mass is 215 g/mol. The quantitative estimate of drug-likeness (QED) is 0.617. The fourth-order valence-corrected chi connectivity index (χ4v) is 1.48. The molecule has 90 valence electrons. The van der Waals surface area contributed by atoms with Crippen molar-refractivity contribution in [3.05, 3.63) is 0 Å². The Kier molecular flexibility index (Phi) is 8.33. The molecule has 3 N–H and O–H groups in total. The SMILES string of the molecule is CCN(CCCC(=O)NC)CC(C)CN. The molecular formula is C11H25N3O. The highest BCUT2D eigenvalue weighted by molar-refractivity contribution is 5.75. The molecular weight excluding hydrogens is 190 g/mol. The van der Waals surface area contributed by atoms with Gasteiger partial charge in [0, 0.05) is 20.0 Å². The smallest absolute Gasteiger partial charge is 0.219 e. The Morgan fingerprint density at radius 3 is 2.67 bits per heavy atom. The van der Waals surface area contributed by atoms with Crippen LogP contribution in [0.3, 0.4) is 0 Å². The normalized spacial score (nSPS) is 12.9. The first-order chi connectivity index (χ1) is 7.13. The van der Waals surface area contributed by atoms with Crippen LogP contribution in [0.25, 0.3) is 0 Å². The van der Waals surface area contributed by atoms with E-state index in [4.69, 9.17) is 5.73 Å². The molecule has 0 saturated heterocycles. The molecule has 0 saturated carbocycles. The van der Waals surface area contributed by atoms with Crippen LogP contribution in [0.5, 0.6) is 0 Å². The van der Waals surface area contributed by atoms with E-state index >= 15 is 0 Å². The standard InChI is InChI=1S/C11H25N3O/c1-4-14(9-10(2)8-12)7-5-6-11(15)13-3/h10H,4-9,12H2,1-3H3,(H,13,15). The van der Waals surface area contributed by atoms with Gasteiger partial charge in [-0.1, -0.05) is 13.8 Å². The molecule has 0 fully saturated rings. The topological polar surface area (TPSA) is 58.4 Å². The summed E-state index contributed by atoms with van der Waals surface area (Å²) in [5.41, 5.74) is 5.58. The van der Waals surface area contributed by atoms with Crippen molar-refractivity contribution in [3.63, 3.8) is 0 Å². The lowest BCUT2D eigenvalue weighted by Gasteiger charge is -2.23. The van der Waals surface area contributed by atoms with E-state index in [1.54, 1.807) is 7.05 Å². The number of nitrogens with zero attached hydrogens (tertiary/aromatic N) is 1. The summed E-state index contributed by atoms with van der Waals surface area (Å²) in [4.78, 5) is 13.4. The van der Waals surface area contributed by atoms with Gasteiger partial charge < -0.3 is 16.0 Å². The van der Waals surface area contributed by atoms with Gasteiger partial charge in [0.15, 0.2) is 0 Å². The molecule has 0 aromatic carbocycles. The molecule has 4 nitrogen and oxygen atoms in total. The van der Waals surface area contributed by atoms with Crippen molar-refractivity contribution in [3.8, 4) is 0 Å². The molecule has 0 radical (unpaired) electrons. The fourth-order valence-electron chi connectivity index (χ4n) is 1.48. The second kappa shape index (κ2) is 8.68. The molecule has 0 aliphatic rings. The average molecular weight is 215 g/mol. The van der Waals surface area contributed by atoms with Crippen LogP contribution in [0.2, 0.25) is 0 Å². The Balaban J connectivity index is 3.65. The fraction of sp³-hybridized carbons (Fsp3) is 0.909. The number of rotatable bonds is 8. The second-order valence-corrected chi connectivity index (χ2v) is 4.01. The summed E-state index contributed by atoms with van der Waals surface area (Å²) in [6.45, 7) is 8.06. The lowest BCUT2D eigenvalue weighted by Crippen LogP contribution is -2.32. The minimum absolute atomic E-state index is 0.123. The van der Waals surface area contributed by atoms with E-state index in [0.29, 0.717) is 12.3 Å². The summed E-state index contributed by atoms with van der Waals surface area (Å²) < 4.78 is 0. The summed E-state index contributed by atoms with van der Waals surface area (Å²) in [6.07, 6.45) is 1.54. The average Bonchev–Trinajstić information content (AvgIpc) is 2.26. The number of carbonyl (C=O) groups is 1. The van der Waals surface area contributed by atoms with Crippen molar-refractivity contribution in [2.45, 2.75) is 26.7 Å². The number of carbonyl (C=O) groups excluding carboxylic acids is 1. The van der Waals surface area contributed by atoms with Crippen molar-refractivity contribution in [2.24, 2.45) is 11.7 Å². The summed E-state index contributed by atoms with van der Waals surface area (Å²) in [7, 11) is 1.68. The number of hydrogen-bond donors (Lipinski definition) is 2. The zero-order valence-corrected chi connectivity index (χ0v) is 10.3. The van der Waals surface area contributed by atoms with E-state index in [0.717, 1.165) is 32.6 Å². The highest BCUT2D eigenvalue weighted by Crippen LogP contribution is 2.00. The van der Waals surface area contributed by atoms with Crippen molar-refractivity contribution < 1.29 is 4.79 Å². The maximum absolute atomic E-state index is 11.0. The Hall–Kier alpha value is -0.610. The predicted octanol–water partition coefficient (Wildman–Crippen LogP) is 0.429. The van der Waals surface area contributed by atoms with Crippen molar-refractivity contribution in [1.29, 1.82) is 0 Å². The Bertz CT molecular complexity index is 173. The predicted molar refractivity (Wildman–Crippen MR) is 63.6 cm³/mol. The summed E-state index contributed by atoms with van der Waals surface area (Å²) in [5.74, 6) is 0.655. The van der Waals surface area contributed by atoms with Crippen LogP contribution in [0.4, 0.5) is 0 Å². The molecule has 15 heavy (non-hydrogen) atoms. The van der Waals surface area contributed by atoms with Crippen LogP contribution in [0, 0.1) is 5.92 Å². The number of nitrogens with one attached hydrogen (secondary N) is 1. The zero-order chi connectivity index (χ0) is 11.7. The van der Waals surface area contributed by atoms with Crippen LogP contribution in [-0.2, 0) is 4.79 Å². The van der Waals surface area contributed by atoms with E-state index in [2.05, 4.69) is 24.1 Å². The van der Waals surface area contributed by atoms with E-state index < -0.39 is 0 Å². The molecule has 0 bridgehead atoms. The van der Waals surface area contributed by atoms with Gasteiger partial charge in [0.25, 0.3) is 0 Å². The molecule has 0 aliphatic carbocycles. The maximum atomic E-state index is 11.0. The summed E-state index contributed by atoms with van der Waals surface area (Å²) in [5, 5.41) is 2.63. The Morgan fingerprint density at radius 1 is 1.53 bits per heavy atom.